The fraction of sp³-hybridized carbons (Fsp3) is 0.600. The van der Waals surface area contributed by atoms with E-state index in [0.29, 0.717) is 12.3 Å². The van der Waals surface area contributed by atoms with Crippen LogP contribution in [0, 0.1) is 0 Å². The zero-order valence-electron chi connectivity index (χ0n) is 12.7. The smallest absolute Gasteiger partial charge is 0.240 e. The van der Waals surface area contributed by atoms with Crippen LogP contribution in [-0.4, -0.2) is 25.7 Å². The van der Waals surface area contributed by atoms with Crippen molar-refractivity contribution in [2.24, 2.45) is 0 Å². The first-order chi connectivity index (χ1) is 9.18. The number of aliphatic hydroxyl groups is 1. The van der Waals surface area contributed by atoms with Crippen molar-refractivity contribution in [2.75, 3.05) is 6.54 Å². The van der Waals surface area contributed by atoms with Crippen LogP contribution in [0.15, 0.2) is 29.2 Å². The Kier molecular flexibility index (Phi) is 5.74. The number of nitrogens with one attached hydrogen (secondary N) is 1. The normalized spacial score (nSPS) is 15.3. The summed E-state index contributed by atoms with van der Waals surface area (Å²) in [6, 6.07) is 6.85. The van der Waals surface area contributed by atoms with Crippen molar-refractivity contribution in [1.82, 2.24) is 4.72 Å². The molecule has 2 N–H and O–H groups in total. The second kappa shape index (κ2) is 6.70. The maximum atomic E-state index is 12.1. The highest BCUT2D eigenvalue weighted by molar-refractivity contribution is 7.89. The summed E-state index contributed by atoms with van der Waals surface area (Å²) >= 11 is 0. The van der Waals surface area contributed by atoms with Gasteiger partial charge in [-0.05, 0) is 37.0 Å². The van der Waals surface area contributed by atoms with Gasteiger partial charge in [-0.25, -0.2) is 13.1 Å². The fourth-order valence-corrected chi connectivity index (χ4v) is 3.15. The van der Waals surface area contributed by atoms with Crippen LogP contribution in [0.2, 0.25) is 0 Å². The summed E-state index contributed by atoms with van der Waals surface area (Å²) in [6.45, 7) is 7.73. The monoisotopic (exact) mass is 299 g/mol. The third kappa shape index (κ3) is 4.89. The molecule has 0 spiro atoms. The summed E-state index contributed by atoms with van der Waals surface area (Å²) in [5.74, 6) is 0.366. The number of hydrogen-bond acceptors (Lipinski definition) is 3. The molecule has 0 bridgehead atoms. The Hall–Kier alpha value is -0.910. The number of benzene rings is 1. The topological polar surface area (TPSA) is 66.4 Å². The fourth-order valence-electron chi connectivity index (χ4n) is 1.99. The Morgan fingerprint density at radius 1 is 1.25 bits per heavy atom. The molecule has 0 aliphatic heterocycles. The lowest BCUT2D eigenvalue weighted by Gasteiger charge is -2.22. The molecule has 4 nitrogen and oxygen atoms in total. The molecule has 1 aromatic rings. The zero-order valence-corrected chi connectivity index (χ0v) is 13.5. The van der Waals surface area contributed by atoms with Crippen molar-refractivity contribution < 1.29 is 13.5 Å². The Morgan fingerprint density at radius 2 is 1.80 bits per heavy atom. The second-order valence-electron chi connectivity index (χ2n) is 5.80. The molecule has 114 valence electrons. The molecule has 0 amide bonds. The molecule has 0 saturated carbocycles. The molecule has 0 aliphatic rings. The van der Waals surface area contributed by atoms with Crippen LogP contribution in [-0.2, 0) is 10.0 Å². The summed E-state index contributed by atoms with van der Waals surface area (Å²) < 4.78 is 26.8. The number of sulfonamides is 1. The average Bonchev–Trinajstić information content (AvgIpc) is 2.37. The molecular weight excluding hydrogens is 274 g/mol. The van der Waals surface area contributed by atoms with E-state index >= 15 is 0 Å². The van der Waals surface area contributed by atoms with Crippen LogP contribution in [0.1, 0.15) is 52.0 Å². The molecule has 0 aromatic heterocycles. The molecule has 1 aromatic carbocycles. The minimum absolute atomic E-state index is 0.0229. The van der Waals surface area contributed by atoms with Crippen molar-refractivity contribution in [3.63, 3.8) is 0 Å². The maximum absolute atomic E-state index is 12.1. The molecule has 0 heterocycles. The van der Waals surface area contributed by atoms with Gasteiger partial charge in [0.2, 0.25) is 10.0 Å². The van der Waals surface area contributed by atoms with Gasteiger partial charge >= 0.3 is 0 Å². The lowest BCUT2D eigenvalue weighted by molar-refractivity contribution is 0.0554. The van der Waals surface area contributed by atoms with E-state index in [1.54, 1.807) is 19.1 Å². The highest BCUT2D eigenvalue weighted by atomic mass is 32.2. The summed E-state index contributed by atoms with van der Waals surface area (Å²) in [4.78, 5) is 0.231. The summed E-state index contributed by atoms with van der Waals surface area (Å²) in [5, 5.41) is 10.0. The molecule has 20 heavy (non-hydrogen) atoms. The maximum Gasteiger partial charge on any atom is 0.240 e. The molecule has 0 fully saturated rings. The third-order valence-corrected chi connectivity index (χ3v) is 4.71. The van der Waals surface area contributed by atoms with Crippen LogP contribution in [0.4, 0.5) is 0 Å². The zero-order chi connectivity index (χ0) is 15.4. The van der Waals surface area contributed by atoms with E-state index in [9.17, 15) is 13.5 Å². The minimum Gasteiger partial charge on any atom is -0.389 e. The van der Waals surface area contributed by atoms with Crippen molar-refractivity contribution in [3.8, 4) is 0 Å². The third-order valence-electron chi connectivity index (χ3n) is 3.29. The molecule has 0 aliphatic carbocycles. The molecule has 1 rings (SSSR count). The van der Waals surface area contributed by atoms with Crippen molar-refractivity contribution in [2.45, 2.75) is 57.0 Å². The van der Waals surface area contributed by atoms with Crippen LogP contribution in [0.3, 0.4) is 0 Å². The van der Waals surface area contributed by atoms with E-state index in [4.69, 9.17) is 0 Å². The summed E-state index contributed by atoms with van der Waals surface area (Å²) in [6.07, 6.45) is 1.36. The Balaban J connectivity index is 2.79. The first-order valence-electron chi connectivity index (χ1n) is 7.00. The van der Waals surface area contributed by atoms with E-state index in [0.717, 1.165) is 12.0 Å². The van der Waals surface area contributed by atoms with E-state index in [-0.39, 0.29) is 11.4 Å². The number of hydrogen-bond donors (Lipinski definition) is 2. The lowest BCUT2D eigenvalue weighted by Crippen LogP contribution is -2.40. The largest absolute Gasteiger partial charge is 0.389 e. The van der Waals surface area contributed by atoms with Gasteiger partial charge in [-0.15, -0.1) is 0 Å². The molecule has 1 atom stereocenters. The standard InChI is InChI=1S/C15H25NO3S/c1-5-10-15(4,17)11-16-20(18,19)14-8-6-13(7-9-14)12(2)3/h6-9,12,16-17H,5,10-11H2,1-4H3. The van der Waals surface area contributed by atoms with Gasteiger partial charge in [0.05, 0.1) is 10.5 Å². The van der Waals surface area contributed by atoms with Gasteiger partial charge in [0.15, 0.2) is 0 Å². The van der Waals surface area contributed by atoms with Gasteiger partial charge < -0.3 is 5.11 Å². The van der Waals surface area contributed by atoms with Crippen molar-refractivity contribution in [3.05, 3.63) is 29.8 Å². The van der Waals surface area contributed by atoms with E-state index in [1.165, 1.54) is 0 Å². The van der Waals surface area contributed by atoms with Crippen LogP contribution < -0.4 is 4.72 Å². The number of rotatable bonds is 7. The van der Waals surface area contributed by atoms with Gasteiger partial charge in [0.1, 0.15) is 0 Å². The molecular formula is C15H25NO3S. The lowest BCUT2D eigenvalue weighted by atomic mass is 10.0. The SMILES string of the molecule is CCCC(C)(O)CNS(=O)(=O)c1ccc(C(C)C)cc1. The summed E-state index contributed by atoms with van der Waals surface area (Å²) in [7, 11) is -3.56. The van der Waals surface area contributed by atoms with E-state index < -0.39 is 15.6 Å². The predicted octanol–water partition coefficient (Wildman–Crippen LogP) is 2.64. The Bertz CT molecular complexity index is 519. The van der Waals surface area contributed by atoms with Gasteiger partial charge in [0.25, 0.3) is 0 Å². The van der Waals surface area contributed by atoms with Gasteiger partial charge in [-0.3, -0.25) is 0 Å². The summed E-state index contributed by atoms with van der Waals surface area (Å²) in [5.41, 5.74) is 0.0848. The van der Waals surface area contributed by atoms with Crippen LogP contribution in [0.5, 0.6) is 0 Å². The Morgan fingerprint density at radius 3 is 2.25 bits per heavy atom. The van der Waals surface area contributed by atoms with Gasteiger partial charge in [0, 0.05) is 6.54 Å². The highest BCUT2D eigenvalue weighted by Gasteiger charge is 2.23. The van der Waals surface area contributed by atoms with Crippen molar-refractivity contribution in [1.29, 1.82) is 0 Å². The second-order valence-corrected chi connectivity index (χ2v) is 7.56. The highest BCUT2D eigenvalue weighted by Crippen LogP contribution is 2.18. The van der Waals surface area contributed by atoms with Gasteiger partial charge in [-0.1, -0.05) is 39.3 Å². The van der Waals surface area contributed by atoms with E-state index in [1.807, 2.05) is 19.1 Å². The molecule has 5 heteroatoms. The predicted molar refractivity (Wildman–Crippen MR) is 81.3 cm³/mol. The molecule has 0 radical (unpaired) electrons. The van der Waals surface area contributed by atoms with Crippen molar-refractivity contribution >= 4 is 10.0 Å². The first kappa shape index (κ1) is 17.1. The van der Waals surface area contributed by atoms with Gasteiger partial charge in [-0.2, -0.15) is 0 Å². The molecule has 1 unspecified atom stereocenters. The average molecular weight is 299 g/mol. The quantitative estimate of drug-likeness (QED) is 0.813. The Labute approximate surface area is 122 Å². The van der Waals surface area contributed by atoms with Crippen LogP contribution >= 0.6 is 0 Å². The molecule has 0 saturated heterocycles. The minimum atomic E-state index is -3.56. The van der Waals surface area contributed by atoms with E-state index in [2.05, 4.69) is 18.6 Å². The first-order valence-corrected chi connectivity index (χ1v) is 8.48. The van der Waals surface area contributed by atoms with Crippen LogP contribution in [0.25, 0.3) is 0 Å².